The van der Waals surface area contributed by atoms with Crippen molar-refractivity contribution in [1.82, 2.24) is 15.1 Å². The minimum Gasteiger partial charge on any atom is -0.329 e. The highest BCUT2D eigenvalue weighted by Crippen LogP contribution is 2.23. The van der Waals surface area contributed by atoms with Gasteiger partial charge < -0.3 is 16.0 Å². The number of nitrogens with zero attached hydrogens (tertiary/aromatic N) is 2. The fourth-order valence-electron chi connectivity index (χ4n) is 4.06. The molecule has 3 rings (SSSR count). The Morgan fingerprint density at radius 3 is 2.48 bits per heavy atom. The molecule has 0 radical (unpaired) electrons. The van der Waals surface area contributed by atoms with Gasteiger partial charge in [-0.1, -0.05) is 44.2 Å². The van der Waals surface area contributed by atoms with Crippen LogP contribution >= 0.6 is 0 Å². The number of carbonyl (C=O) groups is 3. The van der Waals surface area contributed by atoms with Gasteiger partial charge >= 0.3 is 0 Å². The van der Waals surface area contributed by atoms with Gasteiger partial charge in [-0.05, 0) is 43.7 Å². The van der Waals surface area contributed by atoms with Gasteiger partial charge in [-0.3, -0.25) is 19.3 Å². The van der Waals surface area contributed by atoms with Crippen LogP contribution in [0, 0.1) is 5.92 Å². The van der Waals surface area contributed by atoms with E-state index in [2.05, 4.69) is 5.32 Å². The van der Waals surface area contributed by atoms with E-state index >= 15 is 0 Å². The molecule has 0 bridgehead atoms. The molecule has 0 unspecified atom stereocenters. The third-order valence-electron chi connectivity index (χ3n) is 5.90. The highest BCUT2D eigenvalue weighted by atomic mass is 16.2. The zero-order valence-electron chi connectivity index (χ0n) is 17.3. The van der Waals surface area contributed by atoms with E-state index in [1.165, 1.54) is 4.90 Å². The Hall–Kier alpha value is -2.25. The van der Waals surface area contributed by atoms with Crippen LogP contribution in [-0.2, 0) is 20.9 Å². The van der Waals surface area contributed by atoms with Crippen LogP contribution < -0.4 is 11.1 Å². The number of likely N-dealkylation sites (tertiary alicyclic amines) is 1. The molecule has 2 aliphatic heterocycles. The summed E-state index contributed by atoms with van der Waals surface area (Å²) in [5, 5.41) is 3.19. The van der Waals surface area contributed by atoms with Crippen molar-refractivity contribution in [2.45, 2.75) is 64.2 Å². The molecule has 0 spiro atoms. The normalized spacial score (nSPS) is 22.7. The molecule has 3 amide bonds. The number of amides is 3. The molecule has 3 N–H and O–H groups in total. The van der Waals surface area contributed by atoms with Crippen molar-refractivity contribution in [2.75, 3.05) is 13.1 Å². The van der Waals surface area contributed by atoms with E-state index in [0.717, 1.165) is 31.4 Å². The first kappa shape index (κ1) is 21.5. The third-order valence-corrected chi connectivity index (χ3v) is 5.90. The quantitative estimate of drug-likeness (QED) is 0.701. The second-order valence-electron chi connectivity index (χ2n) is 8.36. The first-order valence-corrected chi connectivity index (χ1v) is 10.6. The number of rotatable bonds is 6. The van der Waals surface area contributed by atoms with Gasteiger partial charge in [0, 0.05) is 6.54 Å². The maximum atomic E-state index is 13.5. The maximum absolute atomic E-state index is 13.5. The Kier molecular flexibility index (Phi) is 7.03. The molecule has 0 aliphatic carbocycles. The molecule has 7 heteroatoms. The lowest BCUT2D eigenvalue weighted by molar-refractivity contribution is -0.153. The van der Waals surface area contributed by atoms with Crippen molar-refractivity contribution in [1.29, 1.82) is 0 Å². The Morgan fingerprint density at radius 1 is 1.14 bits per heavy atom. The highest BCUT2D eigenvalue weighted by Gasteiger charge is 2.41. The molecule has 7 nitrogen and oxygen atoms in total. The number of benzene rings is 1. The van der Waals surface area contributed by atoms with Crippen LogP contribution in [0.1, 0.15) is 45.1 Å². The molecule has 1 aromatic rings. The first-order chi connectivity index (χ1) is 13.9. The van der Waals surface area contributed by atoms with Crippen molar-refractivity contribution in [2.24, 2.45) is 11.7 Å². The van der Waals surface area contributed by atoms with Gasteiger partial charge in [0.25, 0.3) is 5.91 Å². The predicted molar refractivity (Wildman–Crippen MR) is 111 cm³/mol. The first-order valence-electron chi connectivity index (χ1n) is 10.6. The van der Waals surface area contributed by atoms with E-state index in [4.69, 9.17) is 5.73 Å². The highest BCUT2D eigenvalue weighted by molar-refractivity contribution is 6.01. The molecule has 158 valence electrons. The minimum absolute atomic E-state index is 0.0106. The number of hydrogen-bond acceptors (Lipinski definition) is 5. The van der Waals surface area contributed by atoms with Crippen LogP contribution in [0.5, 0.6) is 0 Å². The van der Waals surface area contributed by atoms with E-state index in [9.17, 15) is 14.4 Å². The van der Waals surface area contributed by atoms with Crippen molar-refractivity contribution in [3.8, 4) is 0 Å². The monoisotopic (exact) mass is 400 g/mol. The summed E-state index contributed by atoms with van der Waals surface area (Å²) in [5.74, 6) is -0.719. The standard InChI is InChI=1S/C22H32N4O3/c1-15(2)19(23)22(29)25-13-7-11-18(25)21(28)26(14-16-8-4-3-5-9-16)20(27)17-10-6-12-24-17/h3-5,8-9,15,17-19,24H,6-7,10-14,23H2,1-2H3/t17-,18-,19-/m0/s1. The van der Waals surface area contributed by atoms with E-state index < -0.39 is 12.1 Å². The molecule has 0 saturated carbocycles. The summed E-state index contributed by atoms with van der Waals surface area (Å²) in [7, 11) is 0. The van der Waals surface area contributed by atoms with Gasteiger partial charge in [0.1, 0.15) is 6.04 Å². The summed E-state index contributed by atoms with van der Waals surface area (Å²) < 4.78 is 0. The van der Waals surface area contributed by atoms with E-state index in [0.29, 0.717) is 13.0 Å². The van der Waals surface area contributed by atoms with Crippen LogP contribution in [0.2, 0.25) is 0 Å². The maximum Gasteiger partial charge on any atom is 0.252 e. The summed E-state index contributed by atoms with van der Waals surface area (Å²) in [5.41, 5.74) is 6.96. The van der Waals surface area contributed by atoms with Gasteiger partial charge in [0.2, 0.25) is 11.8 Å². The lowest BCUT2D eigenvalue weighted by Crippen LogP contribution is -2.56. The van der Waals surface area contributed by atoms with Crippen LogP contribution in [0.15, 0.2) is 30.3 Å². The van der Waals surface area contributed by atoms with Crippen molar-refractivity contribution in [3.05, 3.63) is 35.9 Å². The molecule has 2 fully saturated rings. The molecule has 3 atom stereocenters. The molecule has 29 heavy (non-hydrogen) atoms. The predicted octanol–water partition coefficient (Wildman–Crippen LogP) is 1.27. The smallest absolute Gasteiger partial charge is 0.252 e. The van der Waals surface area contributed by atoms with Crippen molar-refractivity contribution < 1.29 is 14.4 Å². The number of imide groups is 1. The van der Waals surface area contributed by atoms with Crippen molar-refractivity contribution in [3.63, 3.8) is 0 Å². The Labute approximate surface area is 172 Å². The molecule has 0 aromatic heterocycles. The zero-order valence-corrected chi connectivity index (χ0v) is 17.3. The van der Waals surface area contributed by atoms with Crippen molar-refractivity contribution >= 4 is 17.7 Å². The summed E-state index contributed by atoms with van der Waals surface area (Å²) in [6, 6.07) is 7.89. The second-order valence-corrected chi connectivity index (χ2v) is 8.36. The Balaban J connectivity index is 1.82. The van der Waals surface area contributed by atoms with Gasteiger partial charge in [0.15, 0.2) is 0 Å². The molecular formula is C22H32N4O3. The van der Waals surface area contributed by atoms with E-state index in [-0.39, 0.29) is 36.2 Å². The summed E-state index contributed by atoms with van der Waals surface area (Å²) in [4.78, 5) is 42.4. The SMILES string of the molecule is CC(C)[C@H](N)C(=O)N1CCC[C@H]1C(=O)N(Cc1ccccc1)C(=O)[C@@H]1CCCN1. The van der Waals surface area contributed by atoms with Gasteiger partial charge in [-0.2, -0.15) is 0 Å². The summed E-state index contributed by atoms with van der Waals surface area (Å²) in [6.07, 6.45) is 2.94. The number of nitrogens with one attached hydrogen (secondary N) is 1. The average Bonchev–Trinajstić information content (AvgIpc) is 3.42. The fourth-order valence-corrected chi connectivity index (χ4v) is 4.06. The zero-order chi connectivity index (χ0) is 21.0. The van der Waals surface area contributed by atoms with Crippen LogP contribution in [0.3, 0.4) is 0 Å². The van der Waals surface area contributed by atoms with Gasteiger partial charge in [-0.25, -0.2) is 0 Å². The fraction of sp³-hybridized carbons (Fsp3) is 0.591. The number of hydrogen-bond donors (Lipinski definition) is 2. The van der Waals surface area contributed by atoms with Crippen LogP contribution in [0.4, 0.5) is 0 Å². The van der Waals surface area contributed by atoms with Crippen LogP contribution in [-0.4, -0.2) is 58.7 Å². The molecule has 2 aliphatic rings. The minimum atomic E-state index is -0.641. The van der Waals surface area contributed by atoms with Gasteiger partial charge in [0.05, 0.1) is 18.6 Å². The largest absolute Gasteiger partial charge is 0.329 e. The summed E-state index contributed by atoms with van der Waals surface area (Å²) in [6.45, 7) is 5.29. The lowest BCUT2D eigenvalue weighted by Gasteiger charge is -2.32. The van der Waals surface area contributed by atoms with E-state index in [1.54, 1.807) is 4.90 Å². The van der Waals surface area contributed by atoms with Gasteiger partial charge in [-0.15, -0.1) is 0 Å². The summed E-state index contributed by atoms with van der Waals surface area (Å²) >= 11 is 0. The second kappa shape index (κ2) is 9.50. The number of nitrogens with two attached hydrogens (primary N) is 1. The average molecular weight is 401 g/mol. The lowest BCUT2D eigenvalue weighted by atomic mass is 10.0. The molecule has 2 saturated heterocycles. The topological polar surface area (TPSA) is 95.7 Å². The molecular weight excluding hydrogens is 368 g/mol. The van der Waals surface area contributed by atoms with Crippen LogP contribution in [0.25, 0.3) is 0 Å². The Morgan fingerprint density at radius 2 is 1.86 bits per heavy atom. The molecule has 1 aromatic carbocycles. The molecule has 2 heterocycles. The third kappa shape index (κ3) is 4.85. The number of carbonyl (C=O) groups excluding carboxylic acids is 3. The Bertz CT molecular complexity index is 731. The van der Waals surface area contributed by atoms with E-state index in [1.807, 2.05) is 44.2 Å².